The molecule has 0 unspecified atom stereocenters. The van der Waals surface area contributed by atoms with Crippen molar-refractivity contribution >= 4 is 11.6 Å². The number of anilines is 1. The summed E-state index contributed by atoms with van der Waals surface area (Å²) in [4.78, 5) is 15.3. The lowest BCUT2D eigenvalue weighted by molar-refractivity contribution is -0.121. The highest BCUT2D eigenvalue weighted by Crippen LogP contribution is 2.60. The summed E-state index contributed by atoms with van der Waals surface area (Å²) in [6, 6.07) is 15.5. The van der Waals surface area contributed by atoms with E-state index < -0.39 is 0 Å². The van der Waals surface area contributed by atoms with E-state index in [-0.39, 0.29) is 17.6 Å². The van der Waals surface area contributed by atoms with Crippen molar-refractivity contribution in [1.29, 1.82) is 0 Å². The van der Waals surface area contributed by atoms with Crippen molar-refractivity contribution in [2.45, 2.75) is 63.3 Å². The van der Waals surface area contributed by atoms with Crippen LogP contribution >= 0.6 is 0 Å². The van der Waals surface area contributed by atoms with Gasteiger partial charge in [0.05, 0.1) is 5.92 Å². The van der Waals surface area contributed by atoms with Crippen LogP contribution in [-0.4, -0.2) is 23.9 Å². The molecule has 3 nitrogen and oxygen atoms in total. The van der Waals surface area contributed by atoms with Gasteiger partial charge in [0.1, 0.15) is 5.82 Å². The lowest BCUT2D eigenvalue weighted by Crippen LogP contribution is -2.48. The van der Waals surface area contributed by atoms with Gasteiger partial charge in [0.2, 0.25) is 5.91 Å². The number of amides is 1. The average Bonchev–Trinajstić information content (AvgIpc) is 2.80. The Morgan fingerprint density at radius 2 is 1.58 bits per heavy atom. The molecule has 1 heterocycles. The maximum absolute atomic E-state index is 13.2. The predicted molar refractivity (Wildman–Crippen MR) is 129 cm³/mol. The molecule has 4 aliphatic carbocycles. The van der Waals surface area contributed by atoms with E-state index in [4.69, 9.17) is 0 Å². The van der Waals surface area contributed by atoms with E-state index in [1.165, 1.54) is 56.2 Å². The number of likely N-dealkylation sites (tertiary alicyclic amines) is 1. The van der Waals surface area contributed by atoms with Crippen molar-refractivity contribution in [3.8, 4) is 0 Å². The minimum atomic E-state index is -0.205. The zero-order valence-electron chi connectivity index (χ0n) is 19.4. The summed E-state index contributed by atoms with van der Waals surface area (Å²) in [5.41, 5.74) is 3.92. The van der Waals surface area contributed by atoms with Crippen LogP contribution in [0.1, 0.15) is 62.5 Å². The maximum atomic E-state index is 13.2. The first-order valence-electron chi connectivity index (χ1n) is 12.9. The van der Waals surface area contributed by atoms with Crippen LogP contribution in [0.3, 0.4) is 0 Å². The molecule has 0 aromatic heterocycles. The molecular formula is C29H35FN2O. The van der Waals surface area contributed by atoms with Crippen LogP contribution in [0, 0.1) is 29.5 Å². The Labute approximate surface area is 196 Å². The highest BCUT2D eigenvalue weighted by atomic mass is 19.1. The van der Waals surface area contributed by atoms with Gasteiger partial charge in [-0.25, -0.2) is 4.39 Å². The number of carbonyl (C=O) groups is 1. The third-order valence-corrected chi connectivity index (χ3v) is 9.00. The molecule has 1 saturated heterocycles. The van der Waals surface area contributed by atoms with Crippen LogP contribution in [0.2, 0.25) is 0 Å². The molecule has 1 aliphatic heterocycles. The fraction of sp³-hybridized carbons (Fsp3) is 0.552. The van der Waals surface area contributed by atoms with Crippen LogP contribution in [0.25, 0.3) is 0 Å². The molecule has 1 N–H and O–H groups in total. The first kappa shape index (κ1) is 21.3. The number of carbonyl (C=O) groups excluding carboxylic acids is 1. The van der Waals surface area contributed by atoms with Crippen molar-refractivity contribution in [2.24, 2.45) is 23.7 Å². The summed E-state index contributed by atoms with van der Waals surface area (Å²) in [5.74, 6) is 2.76. The van der Waals surface area contributed by atoms with Crippen molar-refractivity contribution in [3.05, 3.63) is 65.5 Å². The average molecular weight is 447 g/mol. The number of hydrogen-bond acceptors (Lipinski definition) is 2. The van der Waals surface area contributed by atoms with Gasteiger partial charge in [-0.2, -0.15) is 0 Å². The van der Waals surface area contributed by atoms with Crippen LogP contribution in [-0.2, 0) is 16.8 Å². The largest absolute Gasteiger partial charge is 0.326 e. The van der Waals surface area contributed by atoms with E-state index in [9.17, 15) is 9.18 Å². The summed E-state index contributed by atoms with van der Waals surface area (Å²) in [6.07, 6.45) is 10.5. The Morgan fingerprint density at radius 1 is 0.939 bits per heavy atom. The van der Waals surface area contributed by atoms with Gasteiger partial charge in [-0.05, 0) is 116 Å². The molecule has 5 fully saturated rings. The van der Waals surface area contributed by atoms with Gasteiger partial charge in [-0.3, -0.25) is 9.69 Å². The molecule has 4 bridgehead atoms. The van der Waals surface area contributed by atoms with Crippen molar-refractivity contribution in [1.82, 2.24) is 4.90 Å². The van der Waals surface area contributed by atoms with Gasteiger partial charge in [0, 0.05) is 18.8 Å². The predicted octanol–water partition coefficient (Wildman–Crippen LogP) is 6.14. The minimum absolute atomic E-state index is 0.00188. The summed E-state index contributed by atoms with van der Waals surface area (Å²) < 4.78 is 13.2. The number of halogens is 1. The molecule has 7 rings (SSSR count). The third-order valence-electron chi connectivity index (χ3n) is 9.00. The quantitative estimate of drug-likeness (QED) is 0.598. The molecular weight excluding hydrogens is 411 g/mol. The van der Waals surface area contributed by atoms with E-state index in [1.807, 2.05) is 12.1 Å². The second-order valence-electron chi connectivity index (χ2n) is 11.5. The number of rotatable bonds is 5. The Bertz CT molecular complexity index is 964. The summed E-state index contributed by atoms with van der Waals surface area (Å²) in [5, 5.41) is 3.19. The molecule has 5 aliphatic rings. The maximum Gasteiger partial charge on any atom is 0.228 e. The van der Waals surface area contributed by atoms with Gasteiger partial charge in [0.25, 0.3) is 0 Å². The Hall–Kier alpha value is -2.20. The fourth-order valence-electron chi connectivity index (χ4n) is 7.88. The van der Waals surface area contributed by atoms with E-state index in [2.05, 4.69) is 34.5 Å². The number of piperidine rings is 1. The van der Waals surface area contributed by atoms with E-state index in [0.29, 0.717) is 5.41 Å². The molecule has 4 saturated carbocycles. The van der Waals surface area contributed by atoms with Crippen LogP contribution in [0.15, 0.2) is 48.5 Å². The van der Waals surface area contributed by atoms with Crippen LogP contribution < -0.4 is 5.32 Å². The molecule has 0 radical (unpaired) electrons. The molecule has 0 spiro atoms. The highest BCUT2D eigenvalue weighted by Gasteiger charge is 2.51. The molecule has 1 amide bonds. The second-order valence-corrected chi connectivity index (χ2v) is 11.5. The normalized spacial score (nSPS) is 33.2. The fourth-order valence-corrected chi connectivity index (χ4v) is 7.88. The van der Waals surface area contributed by atoms with Gasteiger partial charge < -0.3 is 5.32 Å². The number of benzene rings is 2. The van der Waals surface area contributed by atoms with E-state index >= 15 is 0 Å². The second kappa shape index (κ2) is 8.54. The number of hydrogen-bond donors (Lipinski definition) is 1. The zero-order chi connectivity index (χ0) is 22.4. The van der Waals surface area contributed by atoms with Crippen molar-refractivity contribution in [3.63, 3.8) is 0 Å². The minimum Gasteiger partial charge on any atom is -0.326 e. The van der Waals surface area contributed by atoms with Gasteiger partial charge >= 0.3 is 0 Å². The highest BCUT2D eigenvalue weighted by molar-refractivity contribution is 5.92. The topological polar surface area (TPSA) is 32.3 Å². The standard InChI is InChI=1S/C29H35FN2O/c30-26-7-3-20(4-8-26)18-32-11-1-2-24(19-32)28(33)31-27-9-5-25(6-10-27)29-15-21-12-22(16-29)14-23(13-21)17-29/h3-10,21-24H,1-2,11-19H2,(H,31,33)/t21?,22?,23?,24-,29?/m0/s1. The van der Waals surface area contributed by atoms with Gasteiger partial charge in [-0.1, -0.05) is 24.3 Å². The first-order valence-corrected chi connectivity index (χ1v) is 12.9. The van der Waals surface area contributed by atoms with Gasteiger partial charge in [-0.15, -0.1) is 0 Å². The Kier molecular flexibility index (Phi) is 5.52. The molecule has 4 heteroatoms. The SMILES string of the molecule is O=C(Nc1ccc(C23CC4CC(CC(C4)C2)C3)cc1)[C@H]1CCCN(Cc2ccc(F)cc2)C1. The van der Waals surface area contributed by atoms with Crippen molar-refractivity contribution < 1.29 is 9.18 Å². The summed E-state index contributed by atoms with van der Waals surface area (Å²) in [7, 11) is 0. The van der Waals surface area contributed by atoms with Crippen LogP contribution in [0.5, 0.6) is 0 Å². The Morgan fingerprint density at radius 3 is 2.21 bits per heavy atom. The van der Waals surface area contributed by atoms with E-state index in [0.717, 1.165) is 61.5 Å². The first-order chi connectivity index (χ1) is 16.0. The third kappa shape index (κ3) is 4.35. The molecule has 2 aromatic carbocycles. The zero-order valence-corrected chi connectivity index (χ0v) is 19.4. The van der Waals surface area contributed by atoms with Crippen molar-refractivity contribution in [2.75, 3.05) is 18.4 Å². The molecule has 33 heavy (non-hydrogen) atoms. The monoisotopic (exact) mass is 446 g/mol. The smallest absolute Gasteiger partial charge is 0.228 e. The lowest BCUT2D eigenvalue weighted by Gasteiger charge is -2.57. The summed E-state index contributed by atoms with van der Waals surface area (Å²) >= 11 is 0. The molecule has 174 valence electrons. The van der Waals surface area contributed by atoms with E-state index in [1.54, 1.807) is 0 Å². The number of nitrogens with zero attached hydrogens (tertiary/aromatic N) is 1. The number of nitrogens with one attached hydrogen (secondary N) is 1. The van der Waals surface area contributed by atoms with Gasteiger partial charge in [0.15, 0.2) is 0 Å². The molecule has 1 atom stereocenters. The Balaban J connectivity index is 1.08. The molecule has 2 aromatic rings. The summed E-state index contributed by atoms with van der Waals surface area (Å²) in [6.45, 7) is 2.51. The van der Waals surface area contributed by atoms with Crippen LogP contribution in [0.4, 0.5) is 10.1 Å². The lowest BCUT2D eigenvalue weighted by atomic mass is 9.48.